The van der Waals surface area contributed by atoms with Crippen molar-refractivity contribution in [3.8, 4) is 16.5 Å². The molecular formula is C25H21FN4O3S. The number of allylic oxidation sites excluding steroid dienone is 1. The van der Waals surface area contributed by atoms with E-state index in [2.05, 4.69) is 15.5 Å². The van der Waals surface area contributed by atoms with E-state index in [4.69, 9.17) is 9.26 Å². The SMILES string of the molecule is COc1ccc(C2NC(=O)N(Cc3ccc(F)cc3)C(C)=C2c2nc(-c3cccs3)no2)cc1. The number of halogens is 1. The van der Waals surface area contributed by atoms with E-state index in [1.54, 1.807) is 24.1 Å². The number of hydrogen-bond acceptors (Lipinski definition) is 6. The van der Waals surface area contributed by atoms with E-state index >= 15 is 0 Å². The highest BCUT2D eigenvalue weighted by Crippen LogP contribution is 2.38. The van der Waals surface area contributed by atoms with E-state index in [1.807, 2.05) is 48.7 Å². The number of rotatable bonds is 6. The third-order valence-electron chi connectivity index (χ3n) is 5.70. The summed E-state index contributed by atoms with van der Waals surface area (Å²) in [6, 6.07) is 16.6. The fourth-order valence-electron chi connectivity index (χ4n) is 3.91. The van der Waals surface area contributed by atoms with E-state index in [1.165, 1.54) is 23.5 Å². The molecule has 1 aliphatic rings. The van der Waals surface area contributed by atoms with Crippen LogP contribution >= 0.6 is 11.3 Å². The Kier molecular flexibility index (Phi) is 5.85. The first-order chi connectivity index (χ1) is 16.5. The third kappa shape index (κ3) is 4.17. The van der Waals surface area contributed by atoms with Crippen LogP contribution in [0.2, 0.25) is 0 Å². The fraction of sp³-hybridized carbons (Fsp3) is 0.160. The lowest BCUT2D eigenvalue weighted by Gasteiger charge is -2.35. The number of nitrogens with zero attached hydrogens (tertiary/aromatic N) is 3. The van der Waals surface area contributed by atoms with Gasteiger partial charge in [-0.3, -0.25) is 4.90 Å². The molecule has 7 nitrogen and oxygen atoms in total. The lowest BCUT2D eigenvalue weighted by atomic mass is 9.94. The Labute approximate surface area is 199 Å². The summed E-state index contributed by atoms with van der Waals surface area (Å²) in [4.78, 5) is 20.3. The van der Waals surface area contributed by atoms with Crippen LogP contribution < -0.4 is 10.1 Å². The lowest BCUT2D eigenvalue weighted by Crippen LogP contribution is -2.45. The highest BCUT2D eigenvalue weighted by Gasteiger charge is 2.35. The summed E-state index contributed by atoms with van der Waals surface area (Å²) in [6.07, 6.45) is 0. The number of carbonyl (C=O) groups is 1. The zero-order valence-corrected chi connectivity index (χ0v) is 19.3. The molecule has 172 valence electrons. The largest absolute Gasteiger partial charge is 0.497 e. The first kappa shape index (κ1) is 21.8. The molecule has 0 spiro atoms. The molecule has 2 aromatic heterocycles. The molecule has 1 N–H and O–H groups in total. The summed E-state index contributed by atoms with van der Waals surface area (Å²) in [7, 11) is 1.60. The van der Waals surface area contributed by atoms with Crippen LogP contribution in [0.3, 0.4) is 0 Å². The first-order valence-electron chi connectivity index (χ1n) is 10.6. The first-order valence-corrected chi connectivity index (χ1v) is 11.5. The van der Waals surface area contributed by atoms with Gasteiger partial charge in [0.25, 0.3) is 5.89 Å². The molecule has 0 radical (unpaired) electrons. The Morgan fingerprint density at radius 3 is 2.59 bits per heavy atom. The second-order valence-corrected chi connectivity index (χ2v) is 8.72. The molecule has 5 rings (SSSR count). The van der Waals surface area contributed by atoms with E-state index in [9.17, 15) is 9.18 Å². The van der Waals surface area contributed by atoms with Crippen molar-refractivity contribution in [3.05, 3.63) is 94.6 Å². The average molecular weight is 477 g/mol. The minimum absolute atomic E-state index is 0.267. The van der Waals surface area contributed by atoms with Gasteiger partial charge in [-0.2, -0.15) is 4.98 Å². The number of carbonyl (C=O) groups excluding carboxylic acids is 1. The predicted molar refractivity (Wildman–Crippen MR) is 126 cm³/mol. The van der Waals surface area contributed by atoms with Crippen LogP contribution in [0, 0.1) is 5.82 Å². The monoisotopic (exact) mass is 476 g/mol. The van der Waals surface area contributed by atoms with Crippen molar-refractivity contribution in [2.45, 2.75) is 19.5 Å². The van der Waals surface area contributed by atoms with Crippen molar-refractivity contribution in [2.75, 3.05) is 7.11 Å². The number of aromatic nitrogens is 2. The maximum absolute atomic E-state index is 13.4. The molecule has 0 aliphatic carbocycles. The third-order valence-corrected chi connectivity index (χ3v) is 6.56. The van der Waals surface area contributed by atoms with Crippen LogP contribution in [0.4, 0.5) is 9.18 Å². The Morgan fingerprint density at radius 1 is 1.15 bits per heavy atom. The Bertz CT molecular complexity index is 1330. The fourth-order valence-corrected chi connectivity index (χ4v) is 4.56. The second kappa shape index (κ2) is 9.11. The van der Waals surface area contributed by atoms with Gasteiger partial charge in [-0.1, -0.05) is 35.5 Å². The molecule has 9 heteroatoms. The summed E-state index contributed by atoms with van der Waals surface area (Å²) in [5.74, 6) is 1.20. The second-order valence-electron chi connectivity index (χ2n) is 7.77. The molecule has 1 unspecified atom stereocenters. The van der Waals surface area contributed by atoms with Crippen LogP contribution in [0.1, 0.15) is 30.0 Å². The number of nitrogens with one attached hydrogen (secondary N) is 1. The quantitative estimate of drug-likeness (QED) is 0.389. The summed E-state index contributed by atoms with van der Waals surface area (Å²) < 4.78 is 24.3. The summed E-state index contributed by atoms with van der Waals surface area (Å²) in [5, 5.41) is 9.17. The molecule has 2 aromatic carbocycles. The minimum Gasteiger partial charge on any atom is -0.497 e. The van der Waals surface area contributed by atoms with Gasteiger partial charge in [-0.25, -0.2) is 9.18 Å². The summed E-state index contributed by atoms with van der Waals surface area (Å²) in [6.45, 7) is 2.12. The summed E-state index contributed by atoms with van der Waals surface area (Å²) >= 11 is 1.52. The van der Waals surface area contributed by atoms with E-state index < -0.39 is 6.04 Å². The maximum atomic E-state index is 13.4. The standard InChI is InChI=1S/C25H21FN4O3S/c1-15-21(24-28-23(29-33-24)20-4-3-13-34-20)22(17-7-11-19(32-2)12-8-17)27-25(31)30(15)14-16-5-9-18(26)10-6-16/h3-13,22H,14H2,1-2H3,(H,27,31). The topological polar surface area (TPSA) is 80.5 Å². The highest BCUT2D eigenvalue weighted by atomic mass is 32.1. The molecule has 0 fully saturated rings. The number of ether oxygens (including phenoxy) is 1. The van der Waals surface area contributed by atoms with E-state index in [-0.39, 0.29) is 18.4 Å². The van der Waals surface area contributed by atoms with Crippen LogP contribution in [0.5, 0.6) is 5.75 Å². The van der Waals surface area contributed by atoms with Crippen LogP contribution in [-0.4, -0.2) is 28.2 Å². The molecule has 0 saturated carbocycles. The van der Waals surface area contributed by atoms with Crippen molar-refractivity contribution in [2.24, 2.45) is 0 Å². The molecular weight excluding hydrogens is 455 g/mol. The molecule has 0 saturated heterocycles. The van der Waals surface area contributed by atoms with E-state index in [0.717, 1.165) is 16.0 Å². The van der Waals surface area contributed by atoms with E-state index in [0.29, 0.717) is 28.7 Å². The normalized spacial score (nSPS) is 16.0. The van der Waals surface area contributed by atoms with Gasteiger partial charge in [0, 0.05) is 5.70 Å². The number of thiophene rings is 1. The van der Waals surface area contributed by atoms with Crippen LogP contribution in [0.25, 0.3) is 16.3 Å². The van der Waals surface area contributed by atoms with Gasteiger partial charge in [-0.15, -0.1) is 11.3 Å². The molecule has 34 heavy (non-hydrogen) atoms. The molecule has 1 aliphatic heterocycles. The van der Waals surface area contributed by atoms with Gasteiger partial charge in [0.05, 0.1) is 30.1 Å². The number of benzene rings is 2. The zero-order chi connectivity index (χ0) is 23.7. The van der Waals surface area contributed by atoms with Gasteiger partial charge >= 0.3 is 6.03 Å². The minimum atomic E-state index is -0.500. The Hall–Kier alpha value is -3.98. The van der Waals surface area contributed by atoms with Crippen molar-refractivity contribution in [1.29, 1.82) is 0 Å². The molecule has 0 bridgehead atoms. The van der Waals surface area contributed by atoms with Gasteiger partial charge in [0.15, 0.2) is 0 Å². The van der Waals surface area contributed by atoms with Gasteiger partial charge in [0.1, 0.15) is 11.6 Å². The van der Waals surface area contributed by atoms with Gasteiger partial charge in [0.2, 0.25) is 5.82 Å². The molecule has 2 amide bonds. The Morgan fingerprint density at radius 2 is 1.91 bits per heavy atom. The van der Waals surface area contributed by atoms with Crippen molar-refractivity contribution < 1.29 is 18.4 Å². The van der Waals surface area contributed by atoms with Crippen molar-refractivity contribution in [1.82, 2.24) is 20.4 Å². The van der Waals surface area contributed by atoms with Gasteiger partial charge < -0.3 is 14.6 Å². The van der Waals surface area contributed by atoms with Crippen LogP contribution in [0.15, 0.2) is 76.3 Å². The number of amides is 2. The van der Waals surface area contributed by atoms with Crippen molar-refractivity contribution >= 4 is 22.9 Å². The average Bonchev–Trinajstić information content (AvgIpc) is 3.55. The van der Waals surface area contributed by atoms with Crippen LogP contribution in [-0.2, 0) is 6.54 Å². The maximum Gasteiger partial charge on any atom is 0.322 e. The highest BCUT2D eigenvalue weighted by molar-refractivity contribution is 7.13. The zero-order valence-electron chi connectivity index (χ0n) is 18.5. The number of urea groups is 1. The lowest BCUT2D eigenvalue weighted by molar-refractivity contribution is 0.203. The Balaban J connectivity index is 1.58. The molecule has 3 heterocycles. The molecule has 4 aromatic rings. The smallest absolute Gasteiger partial charge is 0.322 e. The summed E-state index contributed by atoms with van der Waals surface area (Å²) in [5.41, 5.74) is 3.02. The molecule has 1 atom stereocenters. The van der Waals surface area contributed by atoms with Crippen molar-refractivity contribution in [3.63, 3.8) is 0 Å². The number of hydrogen-bond donors (Lipinski definition) is 1. The predicted octanol–water partition coefficient (Wildman–Crippen LogP) is 5.64. The number of methoxy groups -OCH3 is 1. The van der Waals surface area contributed by atoms with Gasteiger partial charge in [-0.05, 0) is 53.8 Å².